The maximum atomic E-state index is 2.42. The minimum absolute atomic E-state index is 1.23. The predicted molar refractivity (Wildman–Crippen MR) is 129 cm³/mol. The van der Waals surface area contributed by atoms with Gasteiger partial charge in [-0.15, -0.1) is 0 Å². The highest BCUT2D eigenvalue weighted by atomic mass is 28.3. The fourth-order valence-corrected chi connectivity index (χ4v) is 4.89. The first-order chi connectivity index (χ1) is 13.4. The van der Waals surface area contributed by atoms with E-state index in [0.29, 0.717) is 0 Å². The van der Waals surface area contributed by atoms with Gasteiger partial charge in [-0.05, 0) is 28.8 Å². The number of hydrogen-bond donors (Lipinski definition) is 0. The average molecular weight is 384 g/mol. The summed E-state index contributed by atoms with van der Waals surface area (Å²) in [4.78, 5) is 2.12. The molecule has 0 bridgehead atoms. The van der Waals surface area contributed by atoms with Gasteiger partial charge in [-0.3, -0.25) is 0 Å². The van der Waals surface area contributed by atoms with Gasteiger partial charge in [0.25, 0.3) is 0 Å². The van der Waals surface area contributed by atoms with Crippen LogP contribution in [0.15, 0.2) is 84.6 Å². The highest BCUT2D eigenvalue weighted by molar-refractivity contribution is 6.94. The Labute approximate surface area is 170 Å². The maximum Gasteiger partial charge on any atom is 0.104 e. The minimum Gasteiger partial charge on any atom is -0.378 e. The lowest BCUT2D eigenvalue weighted by molar-refractivity contribution is 1.13. The molecule has 3 rings (SSSR count). The zero-order valence-corrected chi connectivity index (χ0v) is 18.3. The Bertz CT molecular complexity index is 934. The Hall–Kier alpha value is -2.84. The number of benzene rings is 3. The van der Waals surface area contributed by atoms with Crippen LogP contribution >= 0.6 is 0 Å². The van der Waals surface area contributed by atoms with E-state index in [1.807, 2.05) is 6.07 Å². The van der Waals surface area contributed by atoms with E-state index in [2.05, 4.69) is 129 Å². The van der Waals surface area contributed by atoms with Gasteiger partial charge >= 0.3 is 0 Å². The summed E-state index contributed by atoms with van der Waals surface area (Å²) in [6.07, 6.45) is 6.61. The normalized spacial score (nSPS) is 12.0. The van der Waals surface area contributed by atoms with E-state index in [-0.39, 0.29) is 0 Å². The zero-order chi connectivity index (χ0) is 20.0. The topological polar surface area (TPSA) is 3.24 Å². The Morgan fingerprint density at radius 1 is 0.607 bits per heavy atom. The van der Waals surface area contributed by atoms with Gasteiger partial charge in [-0.25, -0.2) is 0 Å². The highest BCUT2D eigenvalue weighted by Gasteiger charge is 2.19. The smallest absolute Gasteiger partial charge is 0.104 e. The quantitative estimate of drug-likeness (QED) is 0.368. The van der Waals surface area contributed by atoms with Gasteiger partial charge in [0.15, 0.2) is 0 Å². The van der Waals surface area contributed by atoms with Gasteiger partial charge in [-0.1, -0.05) is 109 Å². The summed E-state index contributed by atoms with van der Waals surface area (Å²) in [5, 5.41) is 1.45. The van der Waals surface area contributed by atoms with Crippen molar-refractivity contribution >= 4 is 37.2 Å². The van der Waals surface area contributed by atoms with Crippen molar-refractivity contribution in [1.29, 1.82) is 0 Å². The molecule has 0 heterocycles. The third-order valence-corrected chi connectivity index (χ3v) is 7.85. The summed E-state index contributed by atoms with van der Waals surface area (Å²) in [5.74, 6) is 0. The van der Waals surface area contributed by atoms with Crippen molar-refractivity contribution in [1.82, 2.24) is 0 Å². The predicted octanol–water partition coefficient (Wildman–Crippen LogP) is 6.09. The van der Waals surface area contributed by atoms with Crippen LogP contribution in [0.1, 0.15) is 16.7 Å². The SMILES string of the molecule is CN(C)c1ccc(/C=C/[Si](C)(C)c2ccc(/C=C/c3ccccc3)cc2)cc1. The Morgan fingerprint density at radius 2 is 1.11 bits per heavy atom. The second kappa shape index (κ2) is 8.90. The Kier molecular flexibility index (Phi) is 6.33. The molecule has 142 valence electrons. The molecule has 0 amide bonds. The third kappa shape index (κ3) is 5.34. The summed E-state index contributed by atoms with van der Waals surface area (Å²) in [6, 6.07) is 28.2. The van der Waals surface area contributed by atoms with Crippen LogP contribution in [0, 0.1) is 0 Å². The molecule has 3 aromatic rings. The molecule has 1 nitrogen and oxygen atoms in total. The molecule has 3 aromatic carbocycles. The van der Waals surface area contributed by atoms with Crippen molar-refractivity contribution < 1.29 is 0 Å². The maximum absolute atomic E-state index is 2.42. The van der Waals surface area contributed by atoms with Crippen molar-refractivity contribution in [2.75, 3.05) is 19.0 Å². The minimum atomic E-state index is -1.62. The molecule has 0 unspecified atom stereocenters. The van der Waals surface area contributed by atoms with E-state index in [0.717, 1.165) is 0 Å². The average Bonchev–Trinajstić information content (AvgIpc) is 2.72. The molecule has 0 radical (unpaired) electrons. The van der Waals surface area contributed by atoms with E-state index in [9.17, 15) is 0 Å². The Balaban J connectivity index is 1.70. The first kappa shape index (κ1) is 19.9. The van der Waals surface area contributed by atoms with Crippen LogP contribution in [0.2, 0.25) is 13.1 Å². The Morgan fingerprint density at radius 3 is 1.68 bits per heavy atom. The van der Waals surface area contributed by atoms with Gasteiger partial charge in [-0.2, -0.15) is 0 Å². The monoisotopic (exact) mass is 383 g/mol. The van der Waals surface area contributed by atoms with Crippen molar-refractivity contribution in [3.05, 3.63) is 101 Å². The molecule has 0 spiro atoms. The van der Waals surface area contributed by atoms with Gasteiger partial charge in [0.05, 0.1) is 0 Å². The molecule has 0 saturated carbocycles. The number of nitrogens with zero attached hydrogens (tertiary/aromatic N) is 1. The molecule has 0 aliphatic carbocycles. The molecular formula is C26H29NSi. The zero-order valence-electron chi connectivity index (χ0n) is 17.3. The largest absolute Gasteiger partial charge is 0.378 e. The summed E-state index contributed by atoms with van der Waals surface area (Å²) in [7, 11) is 2.52. The lowest BCUT2D eigenvalue weighted by atomic mass is 10.1. The van der Waals surface area contributed by atoms with Crippen LogP contribution in [-0.2, 0) is 0 Å². The number of rotatable bonds is 6. The van der Waals surface area contributed by atoms with Crippen LogP contribution in [0.4, 0.5) is 5.69 Å². The number of anilines is 1. The fraction of sp³-hybridized carbons (Fsp3) is 0.154. The highest BCUT2D eigenvalue weighted by Crippen LogP contribution is 2.15. The van der Waals surface area contributed by atoms with Gasteiger partial charge in [0, 0.05) is 19.8 Å². The van der Waals surface area contributed by atoms with Crippen LogP contribution in [-0.4, -0.2) is 22.2 Å². The van der Waals surface area contributed by atoms with E-state index in [1.165, 1.54) is 27.6 Å². The lowest BCUT2D eigenvalue weighted by Crippen LogP contribution is -2.39. The summed E-state index contributed by atoms with van der Waals surface area (Å²) in [6.45, 7) is 4.79. The molecule has 0 aliphatic heterocycles. The standard InChI is InChI=1S/C26H29NSi/c1-27(2)25-16-12-24(13-17-25)20-21-28(3,4)26-18-14-23(15-19-26)11-10-22-8-6-5-7-9-22/h5-21H,1-4H3/b11-10+,21-20+. The number of hydrogen-bond acceptors (Lipinski definition) is 1. The first-order valence-corrected chi connectivity index (χ1v) is 12.8. The fourth-order valence-electron chi connectivity index (χ4n) is 3.06. The lowest BCUT2D eigenvalue weighted by Gasteiger charge is -2.19. The summed E-state index contributed by atoms with van der Waals surface area (Å²) in [5.41, 5.74) is 7.37. The van der Waals surface area contributed by atoms with Crippen LogP contribution in [0.25, 0.3) is 18.2 Å². The molecule has 0 saturated heterocycles. The van der Waals surface area contributed by atoms with Crippen LogP contribution in [0.5, 0.6) is 0 Å². The van der Waals surface area contributed by atoms with E-state index >= 15 is 0 Å². The molecular weight excluding hydrogens is 354 g/mol. The van der Waals surface area contributed by atoms with E-state index < -0.39 is 8.07 Å². The van der Waals surface area contributed by atoms with Gasteiger partial charge in [0.2, 0.25) is 0 Å². The van der Waals surface area contributed by atoms with Crippen molar-refractivity contribution in [3.63, 3.8) is 0 Å². The molecule has 0 atom stereocenters. The van der Waals surface area contributed by atoms with Gasteiger partial charge in [0.1, 0.15) is 8.07 Å². The van der Waals surface area contributed by atoms with Crippen molar-refractivity contribution in [2.45, 2.75) is 13.1 Å². The van der Waals surface area contributed by atoms with Crippen molar-refractivity contribution in [3.8, 4) is 0 Å². The van der Waals surface area contributed by atoms with E-state index in [4.69, 9.17) is 0 Å². The summed E-state index contributed by atoms with van der Waals surface area (Å²) < 4.78 is 0. The second-order valence-corrected chi connectivity index (χ2v) is 12.3. The molecule has 0 aliphatic rings. The third-order valence-electron chi connectivity index (χ3n) is 5.02. The van der Waals surface area contributed by atoms with Crippen LogP contribution < -0.4 is 10.1 Å². The molecule has 2 heteroatoms. The molecule has 0 N–H and O–H groups in total. The first-order valence-electron chi connectivity index (χ1n) is 9.74. The second-order valence-electron chi connectivity index (χ2n) is 7.91. The molecule has 0 aromatic heterocycles. The van der Waals surface area contributed by atoms with E-state index in [1.54, 1.807) is 0 Å². The van der Waals surface area contributed by atoms with Gasteiger partial charge < -0.3 is 4.90 Å². The molecule has 0 fully saturated rings. The molecule has 28 heavy (non-hydrogen) atoms. The van der Waals surface area contributed by atoms with Crippen LogP contribution in [0.3, 0.4) is 0 Å². The summed E-state index contributed by atoms with van der Waals surface area (Å²) >= 11 is 0. The van der Waals surface area contributed by atoms with Crippen molar-refractivity contribution in [2.24, 2.45) is 0 Å².